The van der Waals surface area contributed by atoms with Gasteiger partial charge in [-0.1, -0.05) is 0 Å². The van der Waals surface area contributed by atoms with Crippen molar-refractivity contribution >= 4 is 29.0 Å². The largest absolute Gasteiger partial charge is 2.00 e. The summed E-state index contributed by atoms with van der Waals surface area (Å²) in [5.74, 6) is 1.85. The molecule has 0 saturated carbocycles. The molecule has 2 heterocycles. The van der Waals surface area contributed by atoms with Gasteiger partial charge in [0.25, 0.3) is 5.96 Å². The van der Waals surface area contributed by atoms with Gasteiger partial charge >= 0.3 is 23.0 Å². The average Bonchev–Trinajstić information content (AvgIpc) is 2.99. The molecule has 3 rings (SSSR count). The second kappa shape index (κ2) is 9.21. The Morgan fingerprint density at radius 3 is 2.57 bits per heavy atom. The van der Waals surface area contributed by atoms with Gasteiger partial charge in [-0.15, -0.1) is 10.2 Å². The number of hydrogen-bond acceptors (Lipinski definition) is 5. The number of halogens is 3. The minimum atomic E-state index is -4.45. The normalized spacial score (nSPS) is 22.9. The number of guanidine groups is 1. The number of aliphatic imine (C=N–C) groups is 2. The number of piperidine rings is 1. The van der Waals surface area contributed by atoms with Crippen LogP contribution in [0.3, 0.4) is 0 Å². The van der Waals surface area contributed by atoms with Gasteiger partial charge in [-0.05, 0) is 30.6 Å². The van der Waals surface area contributed by atoms with Crippen LogP contribution >= 0.6 is 0 Å². The second-order valence-corrected chi connectivity index (χ2v) is 6.52. The number of allylic oxidation sites excluding steroid dienone is 4. The molecule has 12 heteroatoms. The monoisotopic (exact) mass is 460 g/mol. The van der Waals surface area contributed by atoms with Crippen molar-refractivity contribution in [2.75, 3.05) is 27.2 Å². The molecule has 0 aromatic rings. The zero-order chi connectivity index (χ0) is 21.2. The van der Waals surface area contributed by atoms with E-state index in [0.717, 1.165) is 30.7 Å². The molecule has 1 saturated heterocycles. The van der Waals surface area contributed by atoms with Crippen LogP contribution in [0.15, 0.2) is 49.3 Å². The van der Waals surface area contributed by atoms with Crippen LogP contribution in [-0.4, -0.2) is 72.1 Å². The van der Waals surface area contributed by atoms with Crippen LogP contribution < -0.4 is 0 Å². The summed E-state index contributed by atoms with van der Waals surface area (Å²) in [4.78, 5) is 10.9. The molecule has 1 radical (unpaired) electrons. The number of hydrogen-bond donors (Lipinski definition) is 0. The third kappa shape index (κ3) is 4.94. The standard InChI is InChI=1S/C18H16F3N8.Co/c1-28-5-3-4-11-6-13(12(7-15(11)28)24-10-18(19,20)21)26-27-17-25-14(8-22)16(9-23)29(17)2;/h6-7H,3-5,10H2,1-2H3;/q-1;+2. The van der Waals surface area contributed by atoms with E-state index in [9.17, 15) is 13.2 Å². The van der Waals surface area contributed by atoms with E-state index in [1.807, 2.05) is 17.8 Å². The Labute approximate surface area is 181 Å². The minimum Gasteiger partial charge on any atom is -0.761 e. The average molecular weight is 460 g/mol. The Hall–Kier alpha value is -3.00. The summed E-state index contributed by atoms with van der Waals surface area (Å²) in [6.07, 6.45) is 0.480. The molecule has 2 aliphatic heterocycles. The third-order valence-electron chi connectivity index (χ3n) is 4.49. The van der Waals surface area contributed by atoms with Gasteiger partial charge < -0.3 is 15.2 Å². The number of alkyl halides is 3. The van der Waals surface area contributed by atoms with Gasteiger partial charge in [0.1, 0.15) is 24.0 Å². The van der Waals surface area contributed by atoms with Crippen LogP contribution in [0.5, 0.6) is 0 Å². The van der Waals surface area contributed by atoms with Gasteiger partial charge in [-0.2, -0.15) is 23.4 Å². The molecule has 0 amide bonds. The van der Waals surface area contributed by atoms with Crippen molar-refractivity contribution in [1.82, 2.24) is 9.80 Å². The number of likely N-dealkylation sites (tertiary alicyclic amines) is 1. The molecule has 0 atom stereocenters. The van der Waals surface area contributed by atoms with E-state index in [4.69, 9.17) is 10.7 Å². The smallest absolute Gasteiger partial charge is 0.761 e. The zero-order valence-electron chi connectivity index (χ0n) is 16.0. The predicted octanol–water partition coefficient (Wildman–Crippen LogP) is 2.28. The number of fused-ring (bicyclic) bond motifs is 1. The first-order valence-corrected chi connectivity index (χ1v) is 8.64. The predicted molar refractivity (Wildman–Crippen MR) is 104 cm³/mol. The summed E-state index contributed by atoms with van der Waals surface area (Å²) in [5, 5.41) is 26.1. The Morgan fingerprint density at radius 2 is 1.97 bits per heavy atom. The van der Waals surface area contributed by atoms with Crippen molar-refractivity contribution in [1.29, 1.82) is 5.26 Å². The van der Waals surface area contributed by atoms with Crippen LogP contribution in [0.25, 0.3) is 5.41 Å². The summed E-state index contributed by atoms with van der Waals surface area (Å²) in [6, 6.07) is 1.79. The molecule has 0 unspecified atom stereocenters. The maximum absolute atomic E-state index is 12.7. The molecule has 3 aliphatic rings. The third-order valence-corrected chi connectivity index (χ3v) is 4.49. The van der Waals surface area contributed by atoms with Gasteiger partial charge in [0.15, 0.2) is 5.71 Å². The number of nitriles is 1. The van der Waals surface area contributed by atoms with Gasteiger partial charge in [-0.25, -0.2) is 5.87 Å². The van der Waals surface area contributed by atoms with Crippen molar-refractivity contribution in [2.24, 2.45) is 20.2 Å². The summed E-state index contributed by atoms with van der Waals surface area (Å²) in [7, 11) is 3.37. The molecule has 157 valence electrons. The molecule has 0 bridgehead atoms. The molecule has 1 fully saturated rings. The molecule has 30 heavy (non-hydrogen) atoms. The number of likely N-dealkylation sites (N-methyl/N-ethyl adjacent to an activating group) is 1. The van der Waals surface area contributed by atoms with Crippen LogP contribution in [0.2, 0.25) is 0 Å². The number of nitrogens with zero attached hydrogens (tertiary/aromatic N) is 8. The fourth-order valence-corrected chi connectivity index (χ4v) is 3.05. The Morgan fingerprint density at radius 1 is 1.23 bits per heavy atom. The van der Waals surface area contributed by atoms with Crippen molar-refractivity contribution in [2.45, 2.75) is 19.0 Å². The fourth-order valence-electron chi connectivity index (χ4n) is 3.05. The van der Waals surface area contributed by atoms with Crippen molar-refractivity contribution in [3.05, 3.63) is 34.5 Å². The van der Waals surface area contributed by atoms with Gasteiger partial charge in [0.2, 0.25) is 0 Å². The van der Waals surface area contributed by atoms with E-state index >= 15 is 0 Å². The SMILES string of the molecule is CN1CCCC2=CC(=NN=C3N=C(C#N)C(=C=[N-])N3C)C(=NCC(F)(F)F)C=C21.[Co+2]. The van der Waals surface area contributed by atoms with Crippen molar-refractivity contribution in [3.63, 3.8) is 0 Å². The summed E-state index contributed by atoms with van der Waals surface area (Å²) < 4.78 is 38.1. The fraction of sp³-hybridized carbons (Fsp3) is 0.389. The second-order valence-electron chi connectivity index (χ2n) is 6.52. The van der Waals surface area contributed by atoms with Crippen molar-refractivity contribution < 1.29 is 30.0 Å². The molecule has 8 nitrogen and oxygen atoms in total. The van der Waals surface area contributed by atoms with Gasteiger partial charge in [0, 0.05) is 26.3 Å². The maximum atomic E-state index is 12.7. The van der Waals surface area contributed by atoms with E-state index in [1.54, 1.807) is 18.2 Å². The Bertz CT molecular complexity index is 1000. The summed E-state index contributed by atoms with van der Waals surface area (Å²) in [6.45, 7) is -0.536. The van der Waals surface area contributed by atoms with Crippen LogP contribution in [0.1, 0.15) is 12.8 Å². The number of rotatable bonds is 2. The summed E-state index contributed by atoms with van der Waals surface area (Å²) >= 11 is 0. The van der Waals surface area contributed by atoms with E-state index in [-0.39, 0.29) is 45.6 Å². The molecular formula is C18H16CoF3N8+. The molecule has 0 aromatic heterocycles. The molecular weight excluding hydrogens is 444 g/mol. The Balaban J connectivity index is 0.00000320. The van der Waals surface area contributed by atoms with Crippen LogP contribution in [0.4, 0.5) is 13.2 Å². The molecule has 0 spiro atoms. The van der Waals surface area contributed by atoms with E-state index in [0.29, 0.717) is 0 Å². The summed E-state index contributed by atoms with van der Waals surface area (Å²) in [5.41, 5.74) is 1.91. The quantitative estimate of drug-likeness (QED) is 0.359. The van der Waals surface area contributed by atoms with Gasteiger partial charge in [-0.3, -0.25) is 4.99 Å². The molecule has 1 aliphatic carbocycles. The van der Waals surface area contributed by atoms with Gasteiger partial charge in [0.05, 0.1) is 5.71 Å². The topological polar surface area (TPSA) is 102 Å². The van der Waals surface area contributed by atoms with E-state index in [1.165, 1.54) is 11.9 Å². The van der Waals surface area contributed by atoms with Crippen molar-refractivity contribution in [3.8, 4) is 6.07 Å². The zero-order valence-corrected chi connectivity index (χ0v) is 17.1. The first-order chi connectivity index (χ1) is 13.7. The molecule has 0 N–H and O–H groups in total. The Kier molecular flexibility index (Phi) is 7.15. The first-order valence-electron chi connectivity index (χ1n) is 8.64. The maximum Gasteiger partial charge on any atom is 2.00 e. The first kappa shape index (κ1) is 23.3. The van der Waals surface area contributed by atoms with E-state index in [2.05, 4.69) is 20.2 Å². The van der Waals surface area contributed by atoms with E-state index < -0.39 is 12.7 Å². The van der Waals surface area contributed by atoms with Crippen LogP contribution in [0, 0.1) is 11.3 Å². The molecule has 0 aromatic carbocycles. The van der Waals surface area contributed by atoms with Crippen LogP contribution in [-0.2, 0) is 16.8 Å². The minimum absolute atomic E-state index is 0.